The number of rotatable bonds is 8. The lowest BCUT2D eigenvalue weighted by Gasteiger charge is -2.16. The van der Waals surface area contributed by atoms with Crippen LogP contribution in [0.3, 0.4) is 0 Å². The van der Waals surface area contributed by atoms with Crippen LogP contribution in [0.2, 0.25) is 0 Å². The number of hydrogen-bond acceptors (Lipinski definition) is 5. The quantitative estimate of drug-likeness (QED) is 0.621. The second-order valence-corrected chi connectivity index (χ2v) is 6.32. The van der Waals surface area contributed by atoms with Crippen LogP contribution < -0.4 is 10.6 Å². The lowest BCUT2D eigenvalue weighted by molar-refractivity contribution is -0.127. The number of hydrogen-bond donors (Lipinski definition) is 3. The molecule has 0 aliphatic carbocycles. The van der Waals surface area contributed by atoms with Crippen molar-refractivity contribution < 1.29 is 14.7 Å². The lowest BCUT2D eigenvalue weighted by atomic mass is 10.1. The van der Waals surface area contributed by atoms with Crippen LogP contribution in [0.25, 0.3) is 10.9 Å². The summed E-state index contributed by atoms with van der Waals surface area (Å²) in [7, 11) is 0. The number of aliphatic hydroxyl groups is 1. The fourth-order valence-corrected chi connectivity index (χ4v) is 3.15. The predicted octanol–water partition coefficient (Wildman–Crippen LogP) is 1.38. The number of nitrogens with one attached hydrogen (secondary N) is 2. The van der Waals surface area contributed by atoms with Crippen molar-refractivity contribution in [3.63, 3.8) is 0 Å². The summed E-state index contributed by atoms with van der Waals surface area (Å²) in [6.07, 6.45) is 2.43. The molecule has 1 aliphatic rings. The molecular weight excluding hydrogens is 332 g/mol. The van der Waals surface area contributed by atoms with E-state index in [9.17, 15) is 9.59 Å². The van der Waals surface area contributed by atoms with Crippen LogP contribution in [0.4, 0.5) is 5.82 Å². The van der Waals surface area contributed by atoms with Gasteiger partial charge in [0.2, 0.25) is 5.91 Å². The molecule has 1 aromatic heterocycles. The van der Waals surface area contributed by atoms with Gasteiger partial charge in [-0.05, 0) is 25.0 Å². The highest BCUT2D eigenvalue weighted by Gasteiger charge is 2.19. The predicted molar refractivity (Wildman–Crippen MR) is 100 cm³/mol. The molecule has 3 N–H and O–H groups in total. The monoisotopic (exact) mass is 356 g/mol. The van der Waals surface area contributed by atoms with Gasteiger partial charge in [0.05, 0.1) is 17.7 Å². The molecule has 0 saturated carbocycles. The van der Waals surface area contributed by atoms with Gasteiger partial charge in [-0.25, -0.2) is 4.98 Å². The molecule has 0 bridgehead atoms. The molecule has 2 amide bonds. The number of carbonyl (C=O) groups excluding carboxylic acids is 2. The summed E-state index contributed by atoms with van der Waals surface area (Å²) in [6, 6.07) is 9.21. The fourth-order valence-electron chi connectivity index (χ4n) is 3.15. The average molecular weight is 356 g/mol. The molecular formula is C19H24N4O3. The van der Waals surface area contributed by atoms with Crippen molar-refractivity contribution >= 4 is 28.5 Å². The third-order valence-electron chi connectivity index (χ3n) is 4.44. The van der Waals surface area contributed by atoms with Crippen LogP contribution >= 0.6 is 0 Å². The van der Waals surface area contributed by atoms with Crippen LogP contribution in [0.1, 0.15) is 29.6 Å². The molecule has 26 heavy (non-hydrogen) atoms. The number of carbonyl (C=O) groups is 2. The summed E-state index contributed by atoms with van der Waals surface area (Å²) >= 11 is 0. The van der Waals surface area contributed by atoms with E-state index in [-0.39, 0.29) is 25.0 Å². The number of fused-ring (bicyclic) bond motifs is 1. The molecule has 3 rings (SSSR count). The van der Waals surface area contributed by atoms with E-state index in [1.54, 1.807) is 6.07 Å². The Hall–Kier alpha value is -2.67. The summed E-state index contributed by atoms with van der Waals surface area (Å²) < 4.78 is 0. The number of benzene rings is 1. The van der Waals surface area contributed by atoms with Crippen molar-refractivity contribution in [3.05, 3.63) is 35.9 Å². The smallest absolute Gasteiger partial charge is 0.252 e. The van der Waals surface area contributed by atoms with Gasteiger partial charge in [0, 0.05) is 38.0 Å². The van der Waals surface area contributed by atoms with Crippen LogP contribution in [0.5, 0.6) is 0 Å². The van der Waals surface area contributed by atoms with Gasteiger partial charge in [0.15, 0.2) is 0 Å². The minimum atomic E-state index is -0.233. The molecule has 1 fully saturated rings. The summed E-state index contributed by atoms with van der Waals surface area (Å²) in [5.41, 5.74) is 1.27. The zero-order valence-corrected chi connectivity index (χ0v) is 14.7. The topological polar surface area (TPSA) is 94.6 Å². The van der Waals surface area contributed by atoms with Crippen LogP contribution in [0.15, 0.2) is 30.3 Å². The molecule has 0 radical (unpaired) electrons. The molecule has 138 valence electrons. The number of aromatic nitrogens is 1. The molecule has 1 aliphatic heterocycles. The Balaban J connectivity index is 1.67. The first-order valence-electron chi connectivity index (χ1n) is 8.99. The van der Waals surface area contributed by atoms with Crippen LogP contribution in [0, 0.1) is 0 Å². The van der Waals surface area contributed by atoms with E-state index in [2.05, 4.69) is 15.6 Å². The highest BCUT2D eigenvalue weighted by atomic mass is 16.3. The number of pyridine rings is 1. The number of aliphatic hydroxyl groups excluding tert-OH is 1. The molecule has 1 saturated heterocycles. The molecule has 2 aromatic rings. The summed E-state index contributed by atoms with van der Waals surface area (Å²) in [5, 5.41) is 15.6. The first-order valence-corrected chi connectivity index (χ1v) is 8.99. The molecule has 7 heteroatoms. The van der Waals surface area contributed by atoms with Gasteiger partial charge in [-0.2, -0.15) is 0 Å². The average Bonchev–Trinajstić information content (AvgIpc) is 3.07. The Morgan fingerprint density at radius 1 is 1.27 bits per heavy atom. The van der Waals surface area contributed by atoms with Gasteiger partial charge in [-0.1, -0.05) is 18.2 Å². The van der Waals surface area contributed by atoms with E-state index in [4.69, 9.17) is 5.11 Å². The van der Waals surface area contributed by atoms with Crippen LogP contribution in [-0.2, 0) is 4.79 Å². The molecule has 1 aromatic carbocycles. The van der Waals surface area contributed by atoms with Gasteiger partial charge < -0.3 is 20.6 Å². The summed E-state index contributed by atoms with van der Waals surface area (Å²) in [4.78, 5) is 30.5. The van der Waals surface area contributed by atoms with E-state index in [1.807, 2.05) is 29.2 Å². The Labute approximate surface area is 152 Å². The molecule has 7 nitrogen and oxygen atoms in total. The maximum Gasteiger partial charge on any atom is 0.252 e. The van der Waals surface area contributed by atoms with Gasteiger partial charge in [0.1, 0.15) is 5.82 Å². The number of amides is 2. The Bertz CT molecular complexity index is 793. The first-order chi connectivity index (χ1) is 12.7. The highest BCUT2D eigenvalue weighted by Crippen LogP contribution is 2.21. The van der Waals surface area contributed by atoms with Crippen molar-refractivity contribution in [2.24, 2.45) is 0 Å². The molecule has 0 atom stereocenters. The van der Waals surface area contributed by atoms with Gasteiger partial charge in [-0.3, -0.25) is 9.59 Å². The van der Waals surface area contributed by atoms with Crippen molar-refractivity contribution in [2.45, 2.75) is 19.3 Å². The fraction of sp³-hybridized carbons (Fsp3) is 0.421. The van der Waals surface area contributed by atoms with Crippen molar-refractivity contribution in [1.29, 1.82) is 0 Å². The minimum absolute atomic E-state index is 0.102. The SMILES string of the molecule is O=C(NCCO)c1cc(NCCCN2CCCC2=O)nc2ccccc12. The number of para-hydroxylation sites is 1. The zero-order chi connectivity index (χ0) is 18.4. The maximum absolute atomic E-state index is 12.4. The van der Waals surface area contributed by atoms with E-state index in [1.165, 1.54) is 0 Å². The Morgan fingerprint density at radius 3 is 2.88 bits per heavy atom. The zero-order valence-electron chi connectivity index (χ0n) is 14.7. The van der Waals surface area contributed by atoms with E-state index in [0.29, 0.717) is 24.3 Å². The van der Waals surface area contributed by atoms with E-state index >= 15 is 0 Å². The largest absolute Gasteiger partial charge is 0.395 e. The van der Waals surface area contributed by atoms with Crippen molar-refractivity contribution in [3.8, 4) is 0 Å². The van der Waals surface area contributed by atoms with Gasteiger partial charge in [-0.15, -0.1) is 0 Å². The van der Waals surface area contributed by atoms with E-state index < -0.39 is 0 Å². The maximum atomic E-state index is 12.4. The van der Waals surface area contributed by atoms with E-state index in [0.717, 1.165) is 36.8 Å². The van der Waals surface area contributed by atoms with Crippen molar-refractivity contribution in [1.82, 2.24) is 15.2 Å². The minimum Gasteiger partial charge on any atom is -0.395 e. The van der Waals surface area contributed by atoms with Gasteiger partial charge >= 0.3 is 0 Å². The normalized spacial score (nSPS) is 14.0. The molecule has 2 heterocycles. The van der Waals surface area contributed by atoms with Crippen molar-refractivity contribution in [2.75, 3.05) is 38.1 Å². The number of nitrogens with zero attached hydrogens (tertiary/aromatic N) is 2. The standard InChI is InChI=1S/C19H24N4O3/c24-12-9-21-19(26)15-13-17(22-16-6-2-1-5-14(15)16)20-8-4-11-23-10-3-7-18(23)25/h1-2,5-6,13,24H,3-4,7-12H2,(H,20,22)(H,21,26). The summed E-state index contributed by atoms with van der Waals surface area (Å²) in [5.74, 6) is 0.630. The summed E-state index contributed by atoms with van der Waals surface area (Å²) in [6.45, 7) is 2.37. The second-order valence-electron chi connectivity index (χ2n) is 6.32. The highest BCUT2D eigenvalue weighted by molar-refractivity contribution is 6.06. The third kappa shape index (κ3) is 4.29. The molecule has 0 unspecified atom stereocenters. The Morgan fingerprint density at radius 2 is 2.12 bits per heavy atom. The first kappa shape index (κ1) is 18.1. The van der Waals surface area contributed by atoms with Crippen LogP contribution in [-0.4, -0.2) is 59.6 Å². The number of likely N-dealkylation sites (tertiary alicyclic amines) is 1. The third-order valence-corrected chi connectivity index (χ3v) is 4.44. The second kappa shape index (κ2) is 8.62. The number of anilines is 1. The Kier molecular flexibility index (Phi) is 6.01. The lowest BCUT2D eigenvalue weighted by Crippen LogP contribution is -2.27. The molecule has 0 spiro atoms. The van der Waals surface area contributed by atoms with Gasteiger partial charge in [0.25, 0.3) is 5.91 Å².